The highest BCUT2D eigenvalue weighted by Crippen LogP contribution is 2.48. The van der Waals surface area contributed by atoms with Crippen LogP contribution < -0.4 is 10.1 Å². The SMILES string of the molecule is CN1C(=O)NC2(CC(C)(CO[Si](C)(C)C(C)(C)C)Oc3ccc(Br)cc32)C1=O. The Morgan fingerprint density at radius 1 is 1.32 bits per heavy atom. The van der Waals surface area contributed by atoms with Crippen LogP contribution in [-0.2, 0) is 14.8 Å². The topological polar surface area (TPSA) is 67.9 Å². The van der Waals surface area contributed by atoms with Crippen LogP contribution in [0.25, 0.3) is 0 Å². The van der Waals surface area contributed by atoms with Gasteiger partial charge in [-0.25, -0.2) is 4.79 Å². The van der Waals surface area contributed by atoms with E-state index in [-0.39, 0.29) is 10.9 Å². The Balaban J connectivity index is 2.00. The zero-order valence-electron chi connectivity index (χ0n) is 17.6. The summed E-state index contributed by atoms with van der Waals surface area (Å²) in [5, 5.41) is 2.99. The molecule has 0 aromatic heterocycles. The average molecular weight is 469 g/mol. The molecule has 0 aliphatic carbocycles. The number of nitrogens with zero attached hydrogens (tertiary/aromatic N) is 1. The van der Waals surface area contributed by atoms with Gasteiger partial charge in [-0.15, -0.1) is 0 Å². The van der Waals surface area contributed by atoms with Crippen molar-refractivity contribution in [1.82, 2.24) is 10.2 Å². The van der Waals surface area contributed by atoms with E-state index in [0.717, 1.165) is 9.37 Å². The van der Waals surface area contributed by atoms with Crippen LogP contribution in [0.4, 0.5) is 4.79 Å². The predicted molar refractivity (Wildman–Crippen MR) is 114 cm³/mol. The molecular formula is C20H29BrN2O4Si. The van der Waals surface area contributed by atoms with Crippen molar-refractivity contribution >= 4 is 36.2 Å². The van der Waals surface area contributed by atoms with E-state index in [1.807, 2.05) is 25.1 Å². The van der Waals surface area contributed by atoms with E-state index in [1.165, 1.54) is 7.05 Å². The van der Waals surface area contributed by atoms with Gasteiger partial charge in [0.15, 0.2) is 13.9 Å². The van der Waals surface area contributed by atoms with Gasteiger partial charge in [-0.3, -0.25) is 9.69 Å². The minimum Gasteiger partial charge on any atom is -0.485 e. The third-order valence-corrected chi connectivity index (χ3v) is 11.2. The molecule has 3 amide bonds. The first-order chi connectivity index (χ1) is 12.7. The fourth-order valence-electron chi connectivity index (χ4n) is 3.51. The first kappa shape index (κ1) is 21.3. The van der Waals surface area contributed by atoms with Crippen LogP contribution in [0.1, 0.15) is 39.7 Å². The standard InChI is InChI=1S/C20H29BrN2O4Si/c1-18(2,3)28(6,7)26-12-19(4)11-20(16(24)23(5)17(25)22-20)14-10-13(21)8-9-15(14)27-19/h8-10H,11-12H2,1-7H3,(H,22,25). The summed E-state index contributed by atoms with van der Waals surface area (Å²) in [5.41, 5.74) is -1.21. The van der Waals surface area contributed by atoms with Gasteiger partial charge in [-0.05, 0) is 43.3 Å². The van der Waals surface area contributed by atoms with Crippen LogP contribution in [0.3, 0.4) is 0 Å². The zero-order chi connectivity index (χ0) is 21.1. The number of amides is 3. The van der Waals surface area contributed by atoms with Gasteiger partial charge in [-0.1, -0.05) is 36.7 Å². The highest BCUT2D eigenvalue weighted by molar-refractivity contribution is 9.10. The van der Waals surface area contributed by atoms with Gasteiger partial charge in [0.25, 0.3) is 5.91 Å². The third-order valence-electron chi connectivity index (χ3n) is 6.24. The molecular weight excluding hydrogens is 440 g/mol. The lowest BCUT2D eigenvalue weighted by atomic mass is 9.77. The molecule has 2 unspecified atom stereocenters. The molecule has 1 aromatic carbocycles. The summed E-state index contributed by atoms with van der Waals surface area (Å²) in [6.07, 6.45) is 0.312. The molecule has 1 N–H and O–H groups in total. The second-order valence-corrected chi connectivity index (χ2v) is 15.3. The van der Waals surface area contributed by atoms with Gasteiger partial charge in [0, 0.05) is 23.5 Å². The first-order valence-electron chi connectivity index (χ1n) is 9.44. The molecule has 0 radical (unpaired) electrons. The van der Waals surface area contributed by atoms with E-state index >= 15 is 0 Å². The molecule has 28 heavy (non-hydrogen) atoms. The van der Waals surface area contributed by atoms with Crippen LogP contribution in [0.15, 0.2) is 22.7 Å². The van der Waals surface area contributed by atoms with Crippen molar-refractivity contribution in [3.8, 4) is 5.75 Å². The van der Waals surface area contributed by atoms with Crippen molar-refractivity contribution in [3.05, 3.63) is 28.2 Å². The van der Waals surface area contributed by atoms with Gasteiger partial charge < -0.3 is 14.5 Å². The van der Waals surface area contributed by atoms with Crippen molar-refractivity contribution < 1.29 is 18.8 Å². The molecule has 1 fully saturated rings. The van der Waals surface area contributed by atoms with E-state index in [1.54, 1.807) is 0 Å². The summed E-state index contributed by atoms with van der Waals surface area (Å²) < 4.78 is 13.6. The third kappa shape index (κ3) is 3.39. The Morgan fingerprint density at radius 2 is 1.96 bits per heavy atom. The Labute approximate surface area is 176 Å². The molecule has 3 rings (SSSR count). The smallest absolute Gasteiger partial charge is 0.325 e. The number of benzene rings is 1. The van der Waals surface area contributed by atoms with Crippen LogP contribution in [0, 0.1) is 0 Å². The van der Waals surface area contributed by atoms with Crippen LogP contribution in [-0.4, -0.2) is 44.4 Å². The molecule has 154 valence electrons. The summed E-state index contributed by atoms with van der Waals surface area (Å²) >= 11 is 3.47. The number of rotatable bonds is 3. The van der Waals surface area contributed by atoms with Crippen molar-refractivity contribution in [2.24, 2.45) is 0 Å². The van der Waals surface area contributed by atoms with Crippen molar-refractivity contribution in [2.45, 2.75) is 63.4 Å². The largest absolute Gasteiger partial charge is 0.485 e. The fraction of sp³-hybridized carbons (Fsp3) is 0.600. The van der Waals surface area contributed by atoms with Crippen molar-refractivity contribution in [3.63, 3.8) is 0 Å². The Kier molecular flexibility index (Phi) is 5.00. The molecule has 0 saturated carbocycles. The van der Waals surface area contributed by atoms with Crippen molar-refractivity contribution in [2.75, 3.05) is 13.7 Å². The quantitative estimate of drug-likeness (QED) is 0.527. The Morgan fingerprint density at radius 3 is 2.50 bits per heavy atom. The Hall–Kier alpha value is -1.38. The summed E-state index contributed by atoms with van der Waals surface area (Å²) in [6, 6.07) is 5.16. The summed E-state index contributed by atoms with van der Waals surface area (Å²) in [4.78, 5) is 26.6. The lowest BCUT2D eigenvalue weighted by Gasteiger charge is -2.46. The predicted octanol–water partition coefficient (Wildman–Crippen LogP) is 4.39. The van der Waals surface area contributed by atoms with Crippen LogP contribution in [0.2, 0.25) is 18.1 Å². The maximum absolute atomic E-state index is 13.2. The highest BCUT2D eigenvalue weighted by atomic mass is 79.9. The van der Waals surface area contributed by atoms with Crippen LogP contribution >= 0.6 is 15.9 Å². The van der Waals surface area contributed by atoms with Gasteiger partial charge in [0.2, 0.25) is 0 Å². The second-order valence-electron chi connectivity index (χ2n) is 9.62. The molecule has 2 aliphatic heterocycles. The Bertz CT molecular complexity index is 838. The lowest BCUT2D eigenvalue weighted by Crippen LogP contribution is -2.57. The molecule has 2 heterocycles. The zero-order valence-corrected chi connectivity index (χ0v) is 20.2. The number of likely N-dealkylation sites (N-methyl/N-ethyl adjacent to an activating group) is 1. The molecule has 2 aliphatic rings. The number of hydrogen-bond donors (Lipinski definition) is 1. The summed E-state index contributed by atoms with van der Waals surface area (Å²) in [6.45, 7) is 13.2. The minimum absolute atomic E-state index is 0.0656. The number of carbonyl (C=O) groups is 2. The highest BCUT2D eigenvalue weighted by Gasteiger charge is 2.59. The number of fused-ring (bicyclic) bond motifs is 2. The van der Waals surface area contributed by atoms with E-state index in [9.17, 15) is 9.59 Å². The van der Waals surface area contributed by atoms with Gasteiger partial charge >= 0.3 is 6.03 Å². The van der Waals surface area contributed by atoms with Gasteiger partial charge in [0.1, 0.15) is 11.4 Å². The average Bonchev–Trinajstić information content (AvgIpc) is 2.78. The molecule has 1 aromatic rings. The molecule has 0 bridgehead atoms. The minimum atomic E-state index is -2.00. The molecule has 1 spiro atoms. The molecule has 1 saturated heterocycles. The van der Waals surface area contributed by atoms with E-state index in [2.05, 4.69) is 55.1 Å². The number of nitrogens with one attached hydrogen (secondary N) is 1. The summed E-state index contributed by atoms with van der Waals surface area (Å²) in [5.74, 6) is 0.332. The fourth-order valence-corrected chi connectivity index (χ4v) is 4.97. The van der Waals surface area contributed by atoms with Crippen LogP contribution in [0.5, 0.6) is 5.75 Å². The number of carbonyl (C=O) groups excluding carboxylic acids is 2. The van der Waals surface area contributed by atoms with E-state index in [0.29, 0.717) is 24.3 Å². The van der Waals surface area contributed by atoms with Crippen molar-refractivity contribution in [1.29, 1.82) is 0 Å². The van der Waals surface area contributed by atoms with E-state index in [4.69, 9.17) is 9.16 Å². The molecule has 8 heteroatoms. The maximum Gasteiger partial charge on any atom is 0.325 e. The monoisotopic (exact) mass is 468 g/mol. The summed E-state index contributed by atoms with van der Waals surface area (Å²) in [7, 11) is -0.499. The van der Waals surface area contributed by atoms with Gasteiger partial charge in [-0.2, -0.15) is 0 Å². The molecule has 6 nitrogen and oxygen atoms in total. The number of halogens is 1. The number of urea groups is 1. The molecule has 2 atom stereocenters. The lowest BCUT2D eigenvalue weighted by molar-refractivity contribution is -0.134. The second kappa shape index (κ2) is 6.57. The normalized spacial score (nSPS) is 27.6. The number of ether oxygens (including phenoxy) is 1. The number of imide groups is 1. The van der Waals surface area contributed by atoms with Gasteiger partial charge in [0.05, 0.1) is 6.61 Å². The number of hydrogen-bond acceptors (Lipinski definition) is 4. The van der Waals surface area contributed by atoms with E-state index < -0.39 is 25.5 Å². The maximum atomic E-state index is 13.2. The first-order valence-corrected chi connectivity index (χ1v) is 13.1.